The third kappa shape index (κ3) is 58.8. The zero-order valence-electron chi connectivity index (χ0n) is 48.7. The molecule has 0 fully saturated rings. The van der Waals surface area contributed by atoms with E-state index in [-0.39, 0.29) is 31.1 Å². The van der Waals surface area contributed by atoms with Crippen LogP contribution in [0, 0.1) is 0 Å². The lowest BCUT2D eigenvalue weighted by Gasteiger charge is -2.18. The number of esters is 3. The molecule has 0 heterocycles. The van der Waals surface area contributed by atoms with E-state index < -0.39 is 6.10 Å². The summed E-state index contributed by atoms with van der Waals surface area (Å²) >= 11 is 0. The molecular weight excluding hydrogens is 889 g/mol. The Bertz CT molecular complexity index is 1160. The summed E-state index contributed by atoms with van der Waals surface area (Å²) in [7, 11) is 0. The molecule has 1 unspecified atom stereocenters. The van der Waals surface area contributed by atoms with Gasteiger partial charge < -0.3 is 14.2 Å². The Balaban J connectivity index is 4.28. The summed E-state index contributed by atoms with van der Waals surface area (Å²) in [6.45, 7) is 6.66. The molecule has 0 aromatic heterocycles. The molecule has 0 aromatic carbocycles. The van der Waals surface area contributed by atoms with E-state index in [9.17, 15) is 14.4 Å². The van der Waals surface area contributed by atoms with E-state index >= 15 is 0 Å². The van der Waals surface area contributed by atoms with Crippen LogP contribution in [0.1, 0.15) is 361 Å². The first kappa shape index (κ1) is 69.9. The number of ether oxygens (including phenoxy) is 3. The van der Waals surface area contributed by atoms with Gasteiger partial charge in [-0.3, -0.25) is 14.4 Å². The fraction of sp³-hybridized carbons (Fsp3) is 0.894. The van der Waals surface area contributed by atoms with Crippen molar-refractivity contribution >= 4 is 17.9 Å². The molecule has 0 saturated carbocycles. The summed E-state index contributed by atoms with van der Waals surface area (Å²) < 4.78 is 16.9. The molecule has 6 heteroatoms. The summed E-state index contributed by atoms with van der Waals surface area (Å²) in [5.41, 5.74) is 0. The molecule has 0 aliphatic rings. The highest BCUT2D eigenvalue weighted by Crippen LogP contribution is 2.18. The first-order valence-electron chi connectivity index (χ1n) is 32.3. The summed E-state index contributed by atoms with van der Waals surface area (Å²) in [4.78, 5) is 38.3. The maximum Gasteiger partial charge on any atom is 0.306 e. The van der Waals surface area contributed by atoms with Crippen molar-refractivity contribution in [3.63, 3.8) is 0 Å². The molecule has 6 nitrogen and oxygen atoms in total. The molecule has 1 atom stereocenters. The van der Waals surface area contributed by atoms with Gasteiger partial charge in [-0.2, -0.15) is 0 Å². The molecule has 72 heavy (non-hydrogen) atoms. The molecule has 0 rings (SSSR count). The molecule has 0 radical (unpaired) electrons. The Morgan fingerprint density at radius 3 is 0.806 bits per heavy atom. The van der Waals surface area contributed by atoms with Gasteiger partial charge in [-0.25, -0.2) is 0 Å². The average molecular weight is 1010 g/mol. The molecular formula is C66H124O6. The molecule has 424 valence electrons. The molecule has 0 aliphatic heterocycles. The van der Waals surface area contributed by atoms with Gasteiger partial charge in [-0.05, 0) is 44.9 Å². The van der Waals surface area contributed by atoms with Crippen molar-refractivity contribution in [1.29, 1.82) is 0 Å². The first-order chi connectivity index (χ1) is 35.5. The second-order valence-electron chi connectivity index (χ2n) is 22.0. The smallest absolute Gasteiger partial charge is 0.306 e. The molecule has 0 amide bonds. The quantitative estimate of drug-likeness (QED) is 0.0261. The van der Waals surface area contributed by atoms with Gasteiger partial charge in [0.2, 0.25) is 0 Å². The van der Waals surface area contributed by atoms with Crippen LogP contribution in [0.3, 0.4) is 0 Å². The van der Waals surface area contributed by atoms with Crippen LogP contribution in [-0.2, 0) is 28.6 Å². The predicted octanol–water partition coefficient (Wildman–Crippen LogP) is 21.8. The number of hydrogen-bond donors (Lipinski definition) is 0. The van der Waals surface area contributed by atoms with Gasteiger partial charge in [0.25, 0.3) is 0 Å². The van der Waals surface area contributed by atoms with E-state index in [0.717, 1.165) is 77.0 Å². The Labute approximate surface area is 449 Å². The zero-order chi connectivity index (χ0) is 52.2. The average Bonchev–Trinajstić information content (AvgIpc) is 3.38. The second kappa shape index (κ2) is 61.4. The normalized spacial score (nSPS) is 12.1. The minimum atomic E-state index is -0.773. The summed E-state index contributed by atoms with van der Waals surface area (Å²) in [6, 6.07) is 0. The maximum atomic E-state index is 12.9. The fourth-order valence-corrected chi connectivity index (χ4v) is 9.82. The van der Waals surface area contributed by atoms with E-state index in [2.05, 4.69) is 45.1 Å². The number of carbonyl (C=O) groups is 3. The highest BCUT2D eigenvalue weighted by molar-refractivity contribution is 5.71. The van der Waals surface area contributed by atoms with E-state index in [1.807, 2.05) is 0 Å². The Morgan fingerprint density at radius 1 is 0.278 bits per heavy atom. The maximum absolute atomic E-state index is 12.9. The number of allylic oxidation sites excluding steroid dienone is 4. The van der Waals surface area contributed by atoms with Gasteiger partial charge in [-0.1, -0.05) is 321 Å². The van der Waals surface area contributed by atoms with Crippen LogP contribution in [0.25, 0.3) is 0 Å². The summed E-state index contributed by atoms with van der Waals surface area (Å²) in [5, 5.41) is 0. The lowest BCUT2D eigenvalue weighted by molar-refractivity contribution is -0.167. The van der Waals surface area contributed by atoms with E-state index in [4.69, 9.17) is 14.2 Å². The topological polar surface area (TPSA) is 78.9 Å². The highest BCUT2D eigenvalue weighted by atomic mass is 16.6. The third-order valence-corrected chi connectivity index (χ3v) is 14.7. The van der Waals surface area contributed by atoms with Gasteiger partial charge in [0.05, 0.1) is 0 Å². The molecule has 0 spiro atoms. The SMILES string of the molecule is CCCC/C=C\C/C=C\CCCCCCCC(=O)OCC(COC(=O)CCCCCCCCCCCCCCCCCCCCCCC)OC(=O)CCCCCCCCCCCCCCCCCCCCC. The highest BCUT2D eigenvalue weighted by Gasteiger charge is 2.19. The van der Waals surface area contributed by atoms with E-state index in [1.165, 1.54) is 244 Å². The van der Waals surface area contributed by atoms with Gasteiger partial charge in [0.15, 0.2) is 6.10 Å². The van der Waals surface area contributed by atoms with Crippen molar-refractivity contribution in [2.75, 3.05) is 13.2 Å². The number of rotatable bonds is 60. The molecule has 0 bridgehead atoms. The Morgan fingerprint density at radius 2 is 0.514 bits per heavy atom. The van der Waals surface area contributed by atoms with Crippen molar-refractivity contribution < 1.29 is 28.6 Å². The zero-order valence-corrected chi connectivity index (χ0v) is 48.7. The van der Waals surface area contributed by atoms with Crippen LogP contribution in [0.15, 0.2) is 24.3 Å². The van der Waals surface area contributed by atoms with Crippen molar-refractivity contribution in [2.45, 2.75) is 367 Å². The molecule has 0 aromatic rings. The number of carbonyl (C=O) groups excluding carboxylic acids is 3. The van der Waals surface area contributed by atoms with Crippen LogP contribution in [0.2, 0.25) is 0 Å². The van der Waals surface area contributed by atoms with Crippen LogP contribution >= 0.6 is 0 Å². The monoisotopic (exact) mass is 1010 g/mol. The molecule has 0 N–H and O–H groups in total. The standard InChI is InChI=1S/C66H124O6/c1-4-7-10-13-16-19-22-25-28-30-32-33-35-36-38-41-44-47-50-53-56-59-65(68)71-62-63(61-70-64(67)58-55-52-49-46-43-40-27-24-21-18-15-12-9-6-3)72-66(69)60-57-54-51-48-45-42-39-37-34-31-29-26-23-20-17-14-11-8-5-2/h15,18,24,27,63H,4-14,16-17,19-23,25-26,28-62H2,1-3H3/b18-15-,27-24-. The van der Waals surface area contributed by atoms with Crippen LogP contribution < -0.4 is 0 Å². The molecule has 0 aliphatic carbocycles. The van der Waals surface area contributed by atoms with E-state index in [0.29, 0.717) is 19.3 Å². The fourth-order valence-electron chi connectivity index (χ4n) is 9.82. The van der Waals surface area contributed by atoms with Crippen LogP contribution in [0.5, 0.6) is 0 Å². The predicted molar refractivity (Wildman–Crippen MR) is 312 cm³/mol. The van der Waals surface area contributed by atoms with Crippen molar-refractivity contribution in [2.24, 2.45) is 0 Å². The first-order valence-corrected chi connectivity index (χ1v) is 32.3. The van der Waals surface area contributed by atoms with Crippen molar-refractivity contribution in [3.8, 4) is 0 Å². The van der Waals surface area contributed by atoms with Gasteiger partial charge in [0, 0.05) is 19.3 Å². The Kier molecular flexibility index (Phi) is 59.6. The van der Waals surface area contributed by atoms with Gasteiger partial charge >= 0.3 is 17.9 Å². The lowest BCUT2D eigenvalue weighted by atomic mass is 10.0. The van der Waals surface area contributed by atoms with Gasteiger partial charge in [0.1, 0.15) is 13.2 Å². The number of hydrogen-bond acceptors (Lipinski definition) is 6. The largest absolute Gasteiger partial charge is 0.462 e. The van der Waals surface area contributed by atoms with Crippen molar-refractivity contribution in [3.05, 3.63) is 24.3 Å². The third-order valence-electron chi connectivity index (χ3n) is 14.7. The Hall–Kier alpha value is -2.11. The van der Waals surface area contributed by atoms with Gasteiger partial charge in [-0.15, -0.1) is 0 Å². The minimum Gasteiger partial charge on any atom is -0.462 e. The number of unbranched alkanes of at least 4 members (excludes halogenated alkanes) is 45. The summed E-state index contributed by atoms with van der Waals surface area (Å²) in [5.74, 6) is -0.855. The van der Waals surface area contributed by atoms with E-state index in [1.54, 1.807) is 0 Å². The lowest BCUT2D eigenvalue weighted by Crippen LogP contribution is -2.30. The molecule has 0 saturated heterocycles. The minimum absolute atomic E-state index is 0.0696. The van der Waals surface area contributed by atoms with Crippen molar-refractivity contribution in [1.82, 2.24) is 0 Å². The van der Waals surface area contributed by atoms with Crippen LogP contribution in [-0.4, -0.2) is 37.2 Å². The second-order valence-corrected chi connectivity index (χ2v) is 22.0. The van der Waals surface area contributed by atoms with Crippen LogP contribution in [0.4, 0.5) is 0 Å². The summed E-state index contributed by atoms with van der Waals surface area (Å²) in [6.07, 6.45) is 73.3.